The Bertz CT molecular complexity index is 707. The summed E-state index contributed by atoms with van der Waals surface area (Å²) in [6.07, 6.45) is 1.49. The molecule has 0 N–H and O–H groups in total. The maximum absolute atomic E-state index is 12.0. The second-order valence-electron chi connectivity index (χ2n) is 3.83. The van der Waals surface area contributed by atoms with Gasteiger partial charge >= 0.3 is 0 Å². The second kappa shape index (κ2) is 5.78. The van der Waals surface area contributed by atoms with Gasteiger partial charge in [-0.2, -0.15) is 0 Å². The average molecular weight is 313 g/mol. The van der Waals surface area contributed by atoms with Crippen molar-refractivity contribution in [2.75, 3.05) is 0 Å². The van der Waals surface area contributed by atoms with Crippen molar-refractivity contribution in [2.24, 2.45) is 0 Å². The molecule has 0 fully saturated rings. The molecule has 0 aromatic heterocycles. The summed E-state index contributed by atoms with van der Waals surface area (Å²) in [6, 6.07) is 13.2. The topological polar surface area (TPSA) is 34.1 Å². The number of hydrogen-bond donors (Lipinski definition) is 0. The Morgan fingerprint density at radius 3 is 2.21 bits per heavy atom. The van der Waals surface area contributed by atoms with E-state index in [1.54, 1.807) is 48.5 Å². The van der Waals surface area contributed by atoms with Crippen molar-refractivity contribution in [1.82, 2.24) is 0 Å². The van der Waals surface area contributed by atoms with E-state index in [-0.39, 0.29) is 4.90 Å². The highest BCUT2D eigenvalue weighted by atomic mass is 35.5. The lowest BCUT2D eigenvalue weighted by Crippen LogP contribution is -1.95. The van der Waals surface area contributed by atoms with E-state index in [0.29, 0.717) is 15.6 Å². The molecule has 0 aliphatic heterocycles. The van der Waals surface area contributed by atoms with Crippen molar-refractivity contribution in [3.63, 3.8) is 0 Å². The van der Waals surface area contributed by atoms with Crippen LogP contribution in [0.4, 0.5) is 0 Å². The monoisotopic (exact) mass is 312 g/mol. The van der Waals surface area contributed by atoms with E-state index >= 15 is 0 Å². The van der Waals surface area contributed by atoms with Crippen molar-refractivity contribution in [3.8, 4) is 0 Å². The summed E-state index contributed by atoms with van der Waals surface area (Å²) in [5, 5.41) is 1.98. The summed E-state index contributed by atoms with van der Waals surface area (Å²) in [4.78, 5) is 0.256. The summed E-state index contributed by atoms with van der Waals surface area (Å²) >= 11 is 11.7. The Balaban J connectivity index is 2.30. The minimum absolute atomic E-state index is 0.256. The van der Waals surface area contributed by atoms with Crippen molar-refractivity contribution >= 4 is 39.1 Å². The molecule has 2 aromatic rings. The molecule has 98 valence electrons. The molecule has 2 nitrogen and oxygen atoms in total. The molecule has 0 unspecified atom stereocenters. The van der Waals surface area contributed by atoms with E-state index in [2.05, 4.69) is 0 Å². The van der Waals surface area contributed by atoms with E-state index in [9.17, 15) is 8.42 Å². The lowest BCUT2D eigenvalue weighted by molar-refractivity contribution is 0.605. The average Bonchev–Trinajstić information content (AvgIpc) is 2.41. The van der Waals surface area contributed by atoms with E-state index in [0.717, 1.165) is 5.41 Å². The van der Waals surface area contributed by atoms with Gasteiger partial charge in [0.1, 0.15) is 0 Å². The molecule has 5 heteroatoms. The van der Waals surface area contributed by atoms with Crippen LogP contribution in [0.1, 0.15) is 5.56 Å². The lowest BCUT2D eigenvalue weighted by atomic mass is 10.2. The Morgan fingerprint density at radius 2 is 1.58 bits per heavy atom. The van der Waals surface area contributed by atoms with Gasteiger partial charge in [0, 0.05) is 5.41 Å². The third-order valence-electron chi connectivity index (χ3n) is 2.46. The molecule has 0 radical (unpaired) electrons. The van der Waals surface area contributed by atoms with Crippen molar-refractivity contribution in [3.05, 3.63) is 69.5 Å². The molecular formula is C14H10Cl2O2S. The molecule has 0 spiro atoms. The lowest BCUT2D eigenvalue weighted by Gasteiger charge is -1.99. The first-order chi connectivity index (χ1) is 8.99. The molecular weight excluding hydrogens is 303 g/mol. The SMILES string of the molecule is O=S(=O)(/C=C/c1ccc(Cl)c(Cl)c1)c1ccccc1. The summed E-state index contributed by atoms with van der Waals surface area (Å²) in [7, 11) is -3.44. The van der Waals surface area contributed by atoms with Crippen LogP contribution in [-0.2, 0) is 9.84 Å². The molecule has 19 heavy (non-hydrogen) atoms. The fraction of sp³-hybridized carbons (Fsp3) is 0. The normalized spacial score (nSPS) is 11.9. The minimum Gasteiger partial charge on any atom is -0.219 e. The zero-order valence-corrected chi connectivity index (χ0v) is 12.1. The van der Waals surface area contributed by atoms with Crippen molar-refractivity contribution < 1.29 is 8.42 Å². The van der Waals surface area contributed by atoms with Gasteiger partial charge in [-0.1, -0.05) is 47.5 Å². The van der Waals surface area contributed by atoms with Crippen LogP contribution < -0.4 is 0 Å². The third kappa shape index (κ3) is 3.60. The highest BCUT2D eigenvalue weighted by molar-refractivity contribution is 7.94. The van der Waals surface area contributed by atoms with Gasteiger partial charge in [-0.3, -0.25) is 0 Å². The van der Waals surface area contributed by atoms with Crippen LogP contribution in [0.5, 0.6) is 0 Å². The van der Waals surface area contributed by atoms with Crippen LogP contribution in [-0.4, -0.2) is 8.42 Å². The third-order valence-corrected chi connectivity index (χ3v) is 4.62. The highest BCUT2D eigenvalue weighted by Crippen LogP contribution is 2.23. The van der Waals surface area contributed by atoms with Crippen LogP contribution in [0, 0.1) is 0 Å². The molecule has 0 atom stereocenters. The fourth-order valence-corrected chi connectivity index (χ4v) is 2.81. The first kappa shape index (κ1) is 14.1. The van der Waals surface area contributed by atoms with Gasteiger partial charge < -0.3 is 0 Å². The number of rotatable bonds is 3. The van der Waals surface area contributed by atoms with E-state index < -0.39 is 9.84 Å². The number of halogens is 2. The van der Waals surface area contributed by atoms with Crippen molar-refractivity contribution in [1.29, 1.82) is 0 Å². The largest absolute Gasteiger partial charge is 0.219 e. The summed E-state index contributed by atoms with van der Waals surface area (Å²) in [6.45, 7) is 0. The van der Waals surface area contributed by atoms with Crippen LogP contribution in [0.25, 0.3) is 6.08 Å². The Hall–Kier alpha value is -1.29. The number of sulfone groups is 1. The maximum atomic E-state index is 12.0. The van der Waals surface area contributed by atoms with Crippen LogP contribution >= 0.6 is 23.2 Å². The van der Waals surface area contributed by atoms with E-state index in [1.807, 2.05) is 0 Å². The van der Waals surface area contributed by atoms with Gasteiger partial charge in [0.25, 0.3) is 0 Å². The molecule has 0 aliphatic carbocycles. The van der Waals surface area contributed by atoms with Gasteiger partial charge in [-0.15, -0.1) is 0 Å². The number of hydrogen-bond acceptors (Lipinski definition) is 2. The molecule has 2 rings (SSSR count). The first-order valence-corrected chi connectivity index (χ1v) is 7.72. The first-order valence-electron chi connectivity index (χ1n) is 5.42. The molecule has 2 aromatic carbocycles. The molecule has 0 bridgehead atoms. The molecule has 0 heterocycles. The van der Waals surface area contributed by atoms with Crippen LogP contribution in [0.15, 0.2) is 58.8 Å². The summed E-state index contributed by atoms with van der Waals surface area (Å²) < 4.78 is 24.0. The van der Waals surface area contributed by atoms with E-state index in [1.165, 1.54) is 6.08 Å². The van der Waals surface area contributed by atoms with Gasteiger partial charge in [0.15, 0.2) is 9.84 Å². The molecule has 0 amide bonds. The van der Waals surface area contributed by atoms with Crippen LogP contribution in [0.3, 0.4) is 0 Å². The molecule has 0 saturated heterocycles. The predicted molar refractivity (Wildman–Crippen MR) is 79.1 cm³/mol. The minimum atomic E-state index is -3.44. The Labute approximate surface area is 122 Å². The standard InChI is InChI=1S/C14H10Cl2O2S/c15-13-7-6-11(10-14(13)16)8-9-19(17,18)12-4-2-1-3-5-12/h1-10H/b9-8+. The highest BCUT2D eigenvalue weighted by Gasteiger charge is 2.08. The maximum Gasteiger partial charge on any atom is 0.199 e. The summed E-state index contributed by atoms with van der Waals surface area (Å²) in [5.74, 6) is 0. The van der Waals surface area contributed by atoms with Crippen LogP contribution in [0.2, 0.25) is 10.0 Å². The second-order valence-corrected chi connectivity index (χ2v) is 6.48. The van der Waals surface area contributed by atoms with Gasteiger partial charge in [0.05, 0.1) is 14.9 Å². The molecule has 0 aliphatic rings. The van der Waals surface area contributed by atoms with Gasteiger partial charge in [-0.05, 0) is 35.9 Å². The van der Waals surface area contributed by atoms with Crippen molar-refractivity contribution in [2.45, 2.75) is 4.90 Å². The Morgan fingerprint density at radius 1 is 0.895 bits per heavy atom. The Kier molecular flexibility index (Phi) is 4.30. The quantitative estimate of drug-likeness (QED) is 0.839. The summed E-state index contributed by atoms with van der Waals surface area (Å²) in [5.41, 5.74) is 0.675. The smallest absolute Gasteiger partial charge is 0.199 e. The predicted octanol–water partition coefficient (Wildman–Crippen LogP) is 4.44. The zero-order chi connectivity index (χ0) is 13.9. The number of benzene rings is 2. The fourth-order valence-electron chi connectivity index (χ4n) is 1.47. The van der Waals surface area contributed by atoms with Gasteiger partial charge in [0.2, 0.25) is 0 Å². The van der Waals surface area contributed by atoms with Gasteiger partial charge in [-0.25, -0.2) is 8.42 Å². The van der Waals surface area contributed by atoms with E-state index in [4.69, 9.17) is 23.2 Å². The molecule has 0 saturated carbocycles. The zero-order valence-electron chi connectivity index (χ0n) is 9.75.